The van der Waals surface area contributed by atoms with E-state index < -0.39 is 0 Å². The molecule has 5 heteroatoms. The van der Waals surface area contributed by atoms with Gasteiger partial charge in [0, 0.05) is 13.1 Å². The number of imidazole rings is 1. The van der Waals surface area contributed by atoms with Gasteiger partial charge in [-0.3, -0.25) is 4.79 Å². The third-order valence-corrected chi connectivity index (χ3v) is 3.74. The number of carbonyl (C=O) groups excluding carboxylic acids is 1. The minimum absolute atomic E-state index is 0.179. The van der Waals surface area contributed by atoms with Crippen LogP contribution in [-0.2, 0) is 16.9 Å². The second-order valence-electron chi connectivity index (χ2n) is 5.37. The summed E-state index contributed by atoms with van der Waals surface area (Å²) in [7, 11) is 1.92. The average molecular weight is 250 g/mol. The van der Waals surface area contributed by atoms with Crippen LogP contribution >= 0.6 is 0 Å². The standard InChI is InChI=1S/C13H22N4O/c1-13(2,14-3)11-8-15-10-17(11)9-12(18)16-6-4-5-7-16/h8,10,14H,4-7,9H2,1-3H3. The second-order valence-corrected chi connectivity index (χ2v) is 5.37. The van der Waals surface area contributed by atoms with Crippen molar-refractivity contribution in [2.45, 2.75) is 38.8 Å². The van der Waals surface area contributed by atoms with E-state index in [0.717, 1.165) is 31.6 Å². The van der Waals surface area contributed by atoms with Crippen LogP contribution in [-0.4, -0.2) is 40.5 Å². The normalized spacial score (nSPS) is 16.3. The summed E-state index contributed by atoms with van der Waals surface area (Å²) in [5.41, 5.74) is 0.861. The first-order valence-electron chi connectivity index (χ1n) is 6.52. The summed E-state index contributed by atoms with van der Waals surface area (Å²) >= 11 is 0. The van der Waals surface area contributed by atoms with Gasteiger partial charge in [-0.2, -0.15) is 0 Å². The Morgan fingerprint density at radius 2 is 2.11 bits per heavy atom. The van der Waals surface area contributed by atoms with E-state index in [-0.39, 0.29) is 11.4 Å². The molecule has 0 unspecified atom stereocenters. The zero-order chi connectivity index (χ0) is 13.2. The first-order valence-corrected chi connectivity index (χ1v) is 6.52. The number of hydrogen-bond donors (Lipinski definition) is 1. The van der Waals surface area contributed by atoms with Gasteiger partial charge in [-0.1, -0.05) is 0 Å². The van der Waals surface area contributed by atoms with Crippen molar-refractivity contribution in [3.8, 4) is 0 Å². The minimum atomic E-state index is -0.179. The molecule has 0 bridgehead atoms. The fraction of sp³-hybridized carbons (Fsp3) is 0.692. The predicted octanol–water partition coefficient (Wildman–Crippen LogP) is 0.960. The highest BCUT2D eigenvalue weighted by Crippen LogP contribution is 2.19. The Morgan fingerprint density at radius 1 is 1.44 bits per heavy atom. The molecule has 1 saturated heterocycles. The lowest BCUT2D eigenvalue weighted by molar-refractivity contribution is -0.130. The molecule has 1 aliphatic heterocycles. The van der Waals surface area contributed by atoms with Gasteiger partial charge in [0.15, 0.2) is 0 Å². The van der Waals surface area contributed by atoms with Crippen molar-refractivity contribution in [3.63, 3.8) is 0 Å². The fourth-order valence-corrected chi connectivity index (χ4v) is 2.31. The summed E-state index contributed by atoms with van der Waals surface area (Å²) in [6.07, 6.45) is 5.82. The van der Waals surface area contributed by atoms with Crippen molar-refractivity contribution < 1.29 is 4.79 Å². The van der Waals surface area contributed by atoms with Gasteiger partial charge < -0.3 is 14.8 Å². The zero-order valence-corrected chi connectivity index (χ0v) is 11.4. The Bertz CT molecular complexity index is 418. The second kappa shape index (κ2) is 5.10. The molecule has 100 valence electrons. The van der Waals surface area contributed by atoms with Gasteiger partial charge in [-0.25, -0.2) is 4.98 Å². The van der Waals surface area contributed by atoms with Gasteiger partial charge in [0.1, 0.15) is 6.54 Å². The summed E-state index contributed by atoms with van der Waals surface area (Å²) in [4.78, 5) is 18.2. The van der Waals surface area contributed by atoms with Gasteiger partial charge in [0.2, 0.25) is 5.91 Å². The predicted molar refractivity (Wildman–Crippen MR) is 70.1 cm³/mol. The maximum absolute atomic E-state index is 12.1. The molecule has 1 aliphatic rings. The molecule has 0 saturated carbocycles. The Morgan fingerprint density at radius 3 is 2.72 bits per heavy atom. The molecular weight excluding hydrogens is 228 g/mol. The highest BCUT2D eigenvalue weighted by molar-refractivity contribution is 5.76. The van der Waals surface area contributed by atoms with Crippen molar-refractivity contribution in [2.24, 2.45) is 0 Å². The molecular formula is C13H22N4O. The van der Waals surface area contributed by atoms with Gasteiger partial charge in [-0.05, 0) is 33.7 Å². The maximum atomic E-state index is 12.1. The van der Waals surface area contributed by atoms with Crippen LogP contribution in [0.15, 0.2) is 12.5 Å². The number of likely N-dealkylation sites (tertiary alicyclic amines) is 1. The van der Waals surface area contributed by atoms with E-state index in [1.165, 1.54) is 0 Å². The first-order chi connectivity index (χ1) is 8.54. The smallest absolute Gasteiger partial charge is 0.242 e. The van der Waals surface area contributed by atoms with Crippen molar-refractivity contribution in [2.75, 3.05) is 20.1 Å². The van der Waals surface area contributed by atoms with Crippen LogP contribution in [0.5, 0.6) is 0 Å². The van der Waals surface area contributed by atoms with Gasteiger partial charge in [0.25, 0.3) is 0 Å². The molecule has 1 aromatic heterocycles. The molecule has 1 aromatic rings. The third-order valence-electron chi connectivity index (χ3n) is 3.74. The van der Waals surface area contributed by atoms with Gasteiger partial charge in [0.05, 0.1) is 23.8 Å². The van der Waals surface area contributed by atoms with E-state index in [4.69, 9.17) is 0 Å². The molecule has 2 heterocycles. The summed E-state index contributed by atoms with van der Waals surface area (Å²) in [5.74, 6) is 0.193. The van der Waals surface area contributed by atoms with Crippen LogP contribution in [0.2, 0.25) is 0 Å². The van der Waals surface area contributed by atoms with Crippen LogP contribution in [0.3, 0.4) is 0 Å². The van der Waals surface area contributed by atoms with Crippen LogP contribution in [0.4, 0.5) is 0 Å². The van der Waals surface area contributed by atoms with Crippen molar-refractivity contribution in [3.05, 3.63) is 18.2 Å². The fourth-order valence-electron chi connectivity index (χ4n) is 2.31. The number of carbonyl (C=O) groups is 1. The van der Waals surface area contributed by atoms with Gasteiger partial charge in [-0.15, -0.1) is 0 Å². The molecule has 18 heavy (non-hydrogen) atoms. The quantitative estimate of drug-likeness (QED) is 0.866. The molecule has 1 fully saturated rings. The van der Waals surface area contributed by atoms with E-state index >= 15 is 0 Å². The summed E-state index contributed by atoms with van der Waals surface area (Å²) < 4.78 is 1.94. The molecule has 0 spiro atoms. The average Bonchev–Trinajstić information content (AvgIpc) is 2.99. The number of hydrogen-bond acceptors (Lipinski definition) is 3. The lowest BCUT2D eigenvalue weighted by Gasteiger charge is -2.26. The maximum Gasteiger partial charge on any atom is 0.242 e. The van der Waals surface area contributed by atoms with Gasteiger partial charge >= 0.3 is 0 Å². The minimum Gasteiger partial charge on any atom is -0.341 e. The largest absolute Gasteiger partial charge is 0.341 e. The zero-order valence-electron chi connectivity index (χ0n) is 11.4. The SMILES string of the molecule is CNC(C)(C)c1cncn1CC(=O)N1CCCC1. The summed E-state index contributed by atoms with van der Waals surface area (Å²) in [5, 5.41) is 3.24. The molecule has 0 aromatic carbocycles. The van der Waals surface area contributed by atoms with E-state index in [0.29, 0.717) is 6.54 Å². The molecule has 0 radical (unpaired) electrons. The molecule has 2 rings (SSSR count). The lowest BCUT2D eigenvalue weighted by Crippen LogP contribution is -2.37. The van der Waals surface area contributed by atoms with E-state index in [1.54, 1.807) is 6.33 Å². The van der Waals surface area contributed by atoms with E-state index in [2.05, 4.69) is 24.1 Å². The molecule has 1 N–H and O–H groups in total. The summed E-state index contributed by atoms with van der Waals surface area (Å²) in [6, 6.07) is 0. The van der Waals surface area contributed by atoms with Crippen LogP contribution < -0.4 is 5.32 Å². The number of aromatic nitrogens is 2. The van der Waals surface area contributed by atoms with Crippen molar-refractivity contribution >= 4 is 5.91 Å². The first kappa shape index (κ1) is 13.1. The Kier molecular flexibility index (Phi) is 3.71. The molecule has 1 amide bonds. The molecule has 5 nitrogen and oxygen atoms in total. The monoisotopic (exact) mass is 250 g/mol. The Balaban J connectivity index is 2.10. The number of amides is 1. The topological polar surface area (TPSA) is 50.2 Å². The highest BCUT2D eigenvalue weighted by Gasteiger charge is 2.24. The lowest BCUT2D eigenvalue weighted by atomic mass is 10.0. The van der Waals surface area contributed by atoms with Crippen LogP contribution in [0.1, 0.15) is 32.4 Å². The summed E-state index contributed by atoms with van der Waals surface area (Å²) in [6.45, 7) is 6.36. The molecule has 0 atom stereocenters. The van der Waals surface area contributed by atoms with Crippen LogP contribution in [0.25, 0.3) is 0 Å². The van der Waals surface area contributed by atoms with Crippen LogP contribution in [0, 0.1) is 0 Å². The number of nitrogens with zero attached hydrogens (tertiary/aromatic N) is 3. The number of nitrogens with one attached hydrogen (secondary N) is 1. The highest BCUT2D eigenvalue weighted by atomic mass is 16.2. The number of rotatable bonds is 4. The third kappa shape index (κ3) is 2.56. The van der Waals surface area contributed by atoms with Crippen molar-refractivity contribution in [1.29, 1.82) is 0 Å². The van der Waals surface area contributed by atoms with E-state index in [9.17, 15) is 4.79 Å². The molecule has 0 aliphatic carbocycles. The Labute approximate surface area is 108 Å². The Hall–Kier alpha value is -1.36. The van der Waals surface area contributed by atoms with E-state index in [1.807, 2.05) is 22.7 Å². The van der Waals surface area contributed by atoms with Crippen molar-refractivity contribution in [1.82, 2.24) is 19.8 Å².